The van der Waals surface area contributed by atoms with Gasteiger partial charge in [-0.1, -0.05) is 46.9 Å². The van der Waals surface area contributed by atoms with Gasteiger partial charge in [-0.3, -0.25) is 0 Å². The van der Waals surface area contributed by atoms with Crippen molar-refractivity contribution in [1.29, 1.82) is 0 Å². The minimum absolute atomic E-state index is 0.502. The van der Waals surface area contributed by atoms with Crippen molar-refractivity contribution in [3.05, 3.63) is 54.7 Å². The molecule has 1 aromatic carbocycles. The Morgan fingerprint density at radius 2 is 1.88 bits per heavy atom. The van der Waals surface area contributed by atoms with Crippen LogP contribution in [0.3, 0.4) is 0 Å². The molecule has 2 rings (SSSR count). The smallest absolute Gasteiger partial charge is 0.107 e. The van der Waals surface area contributed by atoms with E-state index >= 15 is 0 Å². The van der Waals surface area contributed by atoms with Gasteiger partial charge < -0.3 is 5.11 Å². The predicted molar refractivity (Wildman–Crippen MR) is 74.6 cm³/mol. The summed E-state index contributed by atoms with van der Waals surface area (Å²) in [6, 6.07) is 7.10. The van der Waals surface area contributed by atoms with Gasteiger partial charge in [0.15, 0.2) is 0 Å². The first kappa shape index (κ1) is 13.2. The third kappa shape index (κ3) is 2.61. The standard InChI is InChI=1S/C12H9Cl3OS/c1-6-7(3-2-4-9(6)13)11(16)8-5-10(14)17-12(8)15/h2-5,11,16H,1H3. The molecule has 0 saturated heterocycles. The maximum absolute atomic E-state index is 10.3. The van der Waals surface area contributed by atoms with Gasteiger partial charge in [-0.05, 0) is 30.2 Å². The minimum atomic E-state index is -0.801. The summed E-state index contributed by atoms with van der Waals surface area (Å²) in [6.07, 6.45) is -0.801. The van der Waals surface area contributed by atoms with Crippen molar-refractivity contribution in [2.45, 2.75) is 13.0 Å². The maximum atomic E-state index is 10.3. The van der Waals surface area contributed by atoms with Crippen molar-refractivity contribution in [1.82, 2.24) is 0 Å². The van der Waals surface area contributed by atoms with Gasteiger partial charge in [-0.15, -0.1) is 11.3 Å². The van der Waals surface area contributed by atoms with E-state index in [0.717, 1.165) is 11.1 Å². The average Bonchev–Trinajstić information content (AvgIpc) is 2.61. The monoisotopic (exact) mass is 306 g/mol. The summed E-state index contributed by atoms with van der Waals surface area (Å²) in [5, 5.41) is 10.9. The summed E-state index contributed by atoms with van der Waals surface area (Å²) in [6.45, 7) is 1.86. The molecule has 1 heterocycles. The number of benzene rings is 1. The van der Waals surface area contributed by atoms with Crippen LogP contribution in [0, 0.1) is 6.92 Å². The van der Waals surface area contributed by atoms with Gasteiger partial charge in [-0.25, -0.2) is 0 Å². The fraction of sp³-hybridized carbons (Fsp3) is 0.167. The van der Waals surface area contributed by atoms with Crippen LogP contribution in [0.25, 0.3) is 0 Å². The lowest BCUT2D eigenvalue weighted by Gasteiger charge is -2.14. The number of hydrogen-bond acceptors (Lipinski definition) is 2. The number of hydrogen-bond donors (Lipinski definition) is 1. The van der Waals surface area contributed by atoms with Gasteiger partial charge in [0.25, 0.3) is 0 Å². The first-order chi connectivity index (χ1) is 8.00. The number of aliphatic hydroxyl groups is 1. The Bertz CT molecular complexity index is 551. The van der Waals surface area contributed by atoms with Gasteiger partial charge in [0, 0.05) is 10.6 Å². The van der Waals surface area contributed by atoms with Crippen LogP contribution in [0.4, 0.5) is 0 Å². The van der Waals surface area contributed by atoms with Gasteiger partial charge >= 0.3 is 0 Å². The van der Waals surface area contributed by atoms with Crippen LogP contribution in [-0.2, 0) is 0 Å². The van der Waals surface area contributed by atoms with Crippen molar-refractivity contribution < 1.29 is 5.11 Å². The van der Waals surface area contributed by atoms with E-state index in [1.807, 2.05) is 13.0 Å². The zero-order valence-electron chi connectivity index (χ0n) is 8.88. The molecule has 0 aliphatic heterocycles. The van der Waals surface area contributed by atoms with Gasteiger partial charge in [0.2, 0.25) is 0 Å². The Kier molecular flexibility index (Phi) is 4.01. The number of halogens is 3. The SMILES string of the molecule is Cc1c(Cl)cccc1C(O)c1cc(Cl)sc1Cl. The van der Waals surface area contributed by atoms with Crippen LogP contribution in [0.5, 0.6) is 0 Å². The Labute approximate surface area is 119 Å². The summed E-state index contributed by atoms with van der Waals surface area (Å²) >= 11 is 19.2. The normalized spacial score (nSPS) is 12.8. The molecule has 1 atom stereocenters. The summed E-state index contributed by atoms with van der Waals surface area (Å²) in [5.41, 5.74) is 2.21. The molecular formula is C12H9Cl3OS. The van der Waals surface area contributed by atoms with Crippen LogP contribution < -0.4 is 0 Å². The highest BCUT2D eigenvalue weighted by Gasteiger charge is 2.19. The van der Waals surface area contributed by atoms with Crippen molar-refractivity contribution in [3.63, 3.8) is 0 Å². The van der Waals surface area contributed by atoms with E-state index in [0.29, 0.717) is 19.3 Å². The van der Waals surface area contributed by atoms with E-state index in [1.165, 1.54) is 11.3 Å². The fourth-order valence-electron chi connectivity index (χ4n) is 1.63. The Hall–Kier alpha value is -0.250. The largest absolute Gasteiger partial charge is 0.384 e. The number of thiophene rings is 1. The quantitative estimate of drug-likeness (QED) is 0.818. The number of aliphatic hydroxyl groups excluding tert-OH is 1. The molecule has 0 saturated carbocycles. The molecule has 2 aromatic rings. The van der Waals surface area contributed by atoms with Crippen LogP contribution >= 0.6 is 46.1 Å². The molecule has 0 bridgehead atoms. The zero-order valence-corrected chi connectivity index (χ0v) is 12.0. The van der Waals surface area contributed by atoms with E-state index in [-0.39, 0.29) is 0 Å². The molecule has 0 aliphatic rings. The molecule has 0 amide bonds. The average molecular weight is 308 g/mol. The third-order valence-corrected chi connectivity index (χ3v) is 4.51. The second-order valence-corrected chi connectivity index (χ2v) is 6.33. The van der Waals surface area contributed by atoms with Crippen molar-refractivity contribution in [2.24, 2.45) is 0 Å². The highest BCUT2D eigenvalue weighted by atomic mass is 35.5. The molecule has 1 N–H and O–H groups in total. The van der Waals surface area contributed by atoms with E-state index in [9.17, 15) is 5.11 Å². The Morgan fingerprint density at radius 3 is 2.47 bits per heavy atom. The van der Waals surface area contributed by atoms with E-state index in [4.69, 9.17) is 34.8 Å². The highest BCUT2D eigenvalue weighted by molar-refractivity contribution is 7.20. The fourth-order valence-corrected chi connectivity index (χ4v) is 3.33. The molecule has 1 aromatic heterocycles. The molecule has 0 radical (unpaired) electrons. The number of rotatable bonds is 2. The summed E-state index contributed by atoms with van der Waals surface area (Å²) in [7, 11) is 0. The van der Waals surface area contributed by atoms with Gasteiger partial charge in [-0.2, -0.15) is 0 Å². The van der Waals surface area contributed by atoms with Crippen molar-refractivity contribution in [3.8, 4) is 0 Å². The van der Waals surface area contributed by atoms with Gasteiger partial charge in [0.1, 0.15) is 10.4 Å². The molecule has 1 nitrogen and oxygen atoms in total. The lowest BCUT2D eigenvalue weighted by Crippen LogP contribution is -2.01. The van der Waals surface area contributed by atoms with Crippen LogP contribution in [-0.4, -0.2) is 5.11 Å². The van der Waals surface area contributed by atoms with Crippen LogP contribution in [0.15, 0.2) is 24.3 Å². The zero-order chi connectivity index (χ0) is 12.6. The van der Waals surface area contributed by atoms with Crippen LogP contribution in [0.2, 0.25) is 13.7 Å². The summed E-state index contributed by atoms with van der Waals surface area (Å²) < 4.78 is 1.06. The van der Waals surface area contributed by atoms with Gasteiger partial charge in [0.05, 0.1) is 4.34 Å². The molecule has 0 fully saturated rings. The lowest BCUT2D eigenvalue weighted by atomic mass is 9.99. The molecule has 90 valence electrons. The van der Waals surface area contributed by atoms with Crippen LogP contribution in [0.1, 0.15) is 22.8 Å². The first-order valence-corrected chi connectivity index (χ1v) is 6.83. The lowest BCUT2D eigenvalue weighted by molar-refractivity contribution is 0.220. The predicted octanol–water partition coefficient (Wildman–Crippen LogP) is 5.10. The Balaban J connectivity index is 2.47. The first-order valence-electron chi connectivity index (χ1n) is 4.88. The third-order valence-electron chi connectivity index (χ3n) is 2.58. The van der Waals surface area contributed by atoms with E-state index in [1.54, 1.807) is 18.2 Å². The Morgan fingerprint density at radius 1 is 1.18 bits per heavy atom. The summed E-state index contributed by atoms with van der Waals surface area (Å²) in [4.78, 5) is 0. The van der Waals surface area contributed by atoms with Crippen molar-refractivity contribution in [2.75, 3.05) is 0 Å². The molecule has 5 heteroatoms. The molecule has 17 heavy (non-hydrogen) atoms. The topological polar surface area (TPSA) is 20.2 Å². The van der Waals surface area contributed by atoms with E-state index < -0.39 is 6.10 Å². The van der Waals surface area contributed by atoms with Crippen molar-refractivity contribution >= 4 is 46.1 Å². The molecule has 1 unspecified atom stereocenters. The van der Waals surface area contributed by atoms with E-state index in [2.05, 4.69) is 0 Å². The minimum Gasteiger partial charge on any atom is -0.384 e. The highest BCUT2D eigenvalue weighted by Crippen LogP contribution is 2.38. The molecule has 0 spiro atoms. The maximum Gasteiger partial charge on any atom is 0.107 e. The summed E-state index contributed by atoms with van der Waals surface area (Å²) in [5.74, 6) is 0. The molecular weight excluding hydrogens is 299 g/mol. The second-order valence-electron chi connectivity index (χ2n) is 3.64. The second kappa shape index (κ2) is 5.17. The molecule has 0 aliphatic carbocycles.